The minimum atomic E-state index is -0.357. The fourth-order valence-corrected chi connectivity index (χ4v) is 3.39. The zero-order valence-electron chi connectivity index (χ0n) is 16.5. The first-order valence-electron chi connectivity index (χ1n) is 10.0. The fraction of sp³-hybridized carbons (Fsp3) is 0.524. The van der Waals surface area contributed by atoms with Crippen molar-refractivity contribution in [1.82, 2.24) is 20.1 Å². The summed E-state index contributed by atoms with van der Waals surface area (Å²) in [5, 5.41) is 13.2. The molecule has 1 atom stereocenters. The van der Waals surface area contributed by atoms with Crippen molar-refractivity contribution in [3.8, 4) is 0 Å². The van der Waals surface area contributed by atoms with Crippen molar-refractivity contribution in [2.75, 3.05) is 39.3 Å². The van der Waals surface area contributed by atoms with Gasteiger partial charge in [-0.15, -0.1) is 0 Å². The Morgan fingerprint density at radius 2 is 1.93 bits per heavy atom. The molecule has 1 aromatic carbocycles. The monoisotopic (exact) mass is 386 g/mol. The molecule has 1 aromatic heterocycles. The number of oxazole rings is 1. The third-order valence-electron chi connectivity index (χ3n) is 4.93. The molecule has 2 aromatic rings. The number of rotatable bonds is 9. The van der Waals surface area contributed by atoms with E-state index in [4.69, 9.17) is 4.42 Å². The van der Waals surface area contributed by atoms with E-state index in [1.54, 1.807) is 0 Å². The van der Waals surface area contributed by atoms with Gasteiger partial charge in [-0.1, -0.05) is 37.3 Å². The smallest absolute Gasteiger partial charge is 0.273 e. The maximum atomic E-state index is 11.9. The van der Waals surface area contributed by atoms with Gasteiger partial charge in [-0.3, -0.25) is 14.6 Å². The van der Waals surface area contributed by atoms with E-state index >= 15 is 0 Å². The Morgan fingerprint density at radius 3 is 2.64 bits per heavy atom. The lowest BCUT2D eigenvalue weighted by Crippen LogP contribution is -2.48. The minimum Gasteiger partial charge on any atom is -0.447 e. The number of carbonyl (C=O) groups excluding carboxylic acids is 1. The quantitative estimate of drug-likeness (QED) is 0.680. The summed E-state index contributed by atoms with van der Waals surface area (Å²) < 4.78 is 5.46. The van der Waals surface area contributed by atoms with Gasteiger partial charge in [0, 0.05) is 39.3 Å². The fourth-order valence-electron chi connectivity index (χ4n) is 3.39. The predicted molar refractivity (Wildman–Crippen MR) is 107 cm³/mol. The van der Waals surface area contributed by atoms with Gasteiger partial charge in [0.2, 0.25) is 5.89 Å². The third kappa shape index (κ3) is 6.15. The molecule has 2 heterocycles. The van der Waals surface area contributed by atoms with Gasteiger partial charge in [-0.2, -0.15) is 0 Å². The molecule has 1 aliphatic heterocycles. The van der Waals surface area contributed by atoms with Gasteiger partial charge in [-0.05, 0) is 18.4 Å². The molecule has 0 spiro atoms. The van der Waals surface area contributed by atoms with E-state index in [0.717, 1.165) is 38.2 Å². The molecule has 0 saturated carbocycles. The van der Waals surface area contributed by atoms with Crippen LogP contribution in [0.15, 0.2) is 41.0 Å². The summed E-state index contributed by atoms with van der Waals surface area (Å²) in [6.45, 7) is 7.50. The molecule has 3 rings (SSSR count). The molecule has 152 valence electrons. The summed E-state index contributed by atoms with van der Waals surface area (Å²) in [5.41, 5.74) is 1.50. The average molecular weight is 386 g/mol. The van der Waals surface area contributed by atoms with E-state index < -0.39 is 0 Å². The van der Waals surface area contributed by atoms with Crippen LogP contribution in [-0.2, 0) is 13.0 Å². The number of nitrogens with zero attached hydrogens (tertiary/aromatic N) is 3. The maximum absolute atomic E-state index is 11.9. The second kappa shape index (κ2) is 10.4. The second-order valence-electron chi connectivity index (χ2n) is 7.30. The highest BCUT2D eigenvalue weighted by Crippen LogP contribution is 2.11. The van der Waals surface area contributed by atoms with Crippen LogP contribution in [0.4, 0.5) is 0 Å². The van der Waals surface area contributed by atoms with Crippen LogP contribution in [0.3, 0.4) is 0 Å². The Balaban J connectivity index is 1.39. The summed E-state index contributed by atoms with van der Waals surface area (Å²) in [7, 11) is 0. The van der Waals surface area contributed by atoms with Crippen molar-refractivity contribution in [2.24, 2.45) is 0 Å². The number of carbonyl (C=O) groups is 1. The van der Waals surface area contributed by atoms with E-state index in [1.165, 1.54) is 6.26 Å². The topological polar surface area (TPSA) is 81.8 Å². The highest BCUT2D eigenvalue weighted by Gasteiger charge is 2.21. The zero-order chi connectivity index (χ0) is 19.8. The van der Waals surface area contributed by atoms with Crippen molar-refractivity contribution < 1.29 is 14.3 Å². The summed E-state index contributed by atoms with van der Waals surface area (Å²) in [5.74, 6) is 0.383. The van der Waals surface area contributed by atoms with Crippen molar-refractivity contribution in [2.45, 2.75) is 32.4 Å². The number of aromatic nitrogens is 1. The van der Waals surface area contributed by atoms with Crippen LogP contribution in [0.1, 0.15) is 35.3 Å². The highest BCUT2D eigenvalue weighted by molar-refractivity contribution is 5.91. The van der Waals surface area contributed by atoms with Crippen LogP contribution in [0.2, 0.25) is 0 Å². The van der Waals surface area contributed by atoms with E-state index in [1.807, 2.05) is 37.3 Å². The SMILES string of the molecule is CCCNC(=O)c1coc(CN2CCN(CC(O)Cc3ccccc3)CC2)n1. The molecular weight excluding hydrogens is 356 g/mol. The van der Waals surface area contributed by atoms with Gasteiger partial charge in [0.15, 0.2) is 5.69 Å². The first-order valence-corrected chi connectivity index (χ1v) is 10.0. The van der Waals surface area contributed by atoms with Gasteiger partial charge >= 0.3 is 0 Å². The molecule has 0 aliphatic carbocycles. The molecular formula is C21H30N4O3. The van der Waals surface area contributed by atoms with Crippen molar-refractivity contribution in [3.05, 3.63) is 53.7 Å². The molecule has 0 radical (unpaired) electrons. The van der Waals surface area contributed by atoms with Crippen molar-refractivity contribution in [3.63, 3.8) is 0 Å². The Bertz CT molecular complexity index is 726. The van der Waals surface area contributed by atoms with Crippen LogP contribution < -0.4 is 5.32 Å². The molecule has 1 amide bonds. The molecule has 28 heavy (non-hydrogen) atoms. The van der Waals surface area contributed by atoms with E-state index in [9.17, 15) is 9.90 Å². The number of β-amino-alcohol motifs (C(OH)–C–C–N with tert-alkyl or cyclic N) is 1. The number of nitrogens with one attached hydrogen (secondary N) is 1. The predicted octanol–water partition coefficient (Wildman–Crippen LogP) is 1.54. The van der Waals surface area contributed by atoms with Gasteiger partial charge in [0.05, 0.1) is 12.6 Å². The lowest BCUT2D eigenvalue weighted by atomic mass is 10.1. The largest absolute Gasteiger partial charge is 0.447 e. The minimum absolute atomic E-state index is 0.186. The molecule has 1 fully saturated rings. The number of hydrogen-bond acceptors (Lipinski definition) is 6. The lowest BCUT2D eigenvalue weighted by Gasteiger charge is -2.35. The maximum Gasteiger partial charge on any atom is 0.273 e. The molecule has 0 bridgehead atoms. The number of piperazine rings is 1. The van der Waals surface area contributed by atoms with Gasteiger partial charge < -0.3 is 14.8 Å². The summed E-state index contributed by atoms with van der Waals surface area (Å²) in [6, 6.07) is 10.1. The van der Waals surface area contributed by atoms with Crippen molar-refractivity contribution >= 4 is 5.91 Å². The third-order valence-corrected chi connectivity index (χ3v) is 4.93. The second-order valence-corrected chi connectivity index (χ2v) is 7.30. The molecule has 7 nitrogen and oxygen atoms in total. The number of aliphatic hydroxyl groups is 1. The van der Waals surface area contributed by atoms with E-state index in [-0.39, 0.29) is 12.0 Å². The number of hydrogen-bond donors (Lipinski definition) is 2. The summed E-state index contributed by atoms with van der Waals surface area (Å²) in [6.07, 6.45) is 2.64. The molecule has 1 unspecified atom stereocenters. The Morgan fingerprint density at radius 1 is 1.21 bits per heavy atom. The lowest BCUT2D eigenvalue weighted by molar-refractivity contribution is 0.0675. The first-order chi connectivity index (χ1) is 13.6. The van der Waals surface area contributed by atoms with Crippen LogP contribution in [0.25, 0.3) is 0 Å². The Labute approximate surface area is 166 Å². The standard InChI is InChI=1S/C21H30N4O3/c1-2-8-22-21(27)19-16-28-20(23-19)15-25-11-9-24(10-12-25)14-18(26)13-17-6-4-3-5-7-17/h3-7,16,18,26H,2,8-15H2,1H3,(H,22,27). The van der Waals surface area contributed by atoms with Gasteiger partial charge in [-0.25, -0.2) is 4.98 Å². The number of amides is 1. The van der Waals surface area contributed by atoms with Crippen LogP contribution in [-0.4, -0.2) is 71.2 Å². The highest BCUT2D eigenvalue weighted by atomic mass is 16.3. The number of benzene rings is 1. The summed E-state index contributed by atoms with van der Waals surface area (Å²) >= 11 is 0. The average Bonchev–Trinajstić information content (AvgIpc) is 3.17. The molecule has 7 heteroatoms. The normalized spacial score (nSPS) is 16.8. The van der Waals surface area contributed by atoms with E-state index in [2.05, 4.69) is 20.1 Å². The van der Waals surface area contributed by atoms with Crippen LogP contribution >= 0.6 is 0 Å². The van der Waals surface area contributed by atoms with Gasteiger partial charge in [0.25, 0.3) is 5.91 Å². The van der Waals surface area contributed by atoms with E-state index in [0.29, 0.717) is 37.6 Å². The molecule has 1 aliphatic rings. The number of aliphatic hydroxyl groups excluding tert-OH is 1. The summed E-state index contributed by atoms with van der Waals surface area (Å²) in [4.78, 5) is 20.8. The van der Waals surface area contributed by atoms with Crippen LogP contribution in [0, 0.1) is 0 Å². The van der Waals surface area contributed by atoms with Gasteiger partial charge in [0.1, 0.15) is 6.26 Å². The zero-order valence-corrected chi connectivity index (χ0v) is 16.5. The first kappa shape index (κ1) is 20.5. The Hall–Kier alpha value is -2.22. The molecule has 2 N–H and O–H groups in total. The molecule has 1 saturated heterocycles. The van der Waals surface area contributed by atoms with Crippen LogP contribution in [0.5, 0.6) is 0 Å². The van der Waals surface area contributed by atoms with Crippen molar-refractivity contribution in [1.29, 1.82) is 0 Å². The Kier molecular flexibility index (Phi) is 7.59.